The maximum absolute atomic E-state index is 11.0. The summed E-state index contributed by atoms with van der Waals surface area (Å²) in [6, 6.07) is 0.491. The van der Waals surface area contributed by atoms with Crippen molar-refractivity contribution in [1.82, 2.24) is 5.32 Å². The van der Waals surface area contributed by atoms with Crippen LogP contribution in [0, 0.1) is 5.92 Å². The van der Waals surface area contributed by atoms with E-state index in [-0.39, 0.29) is 5.75 Å². The molecule has 1 saturated carbocycles. The maximum Gasteiger partial charge on any atom is 0.148 e. The van der Waals surface area contributed by atoms with Crippen molar-refractivity contribution < 1.29 is 8.42 Å². The molecule has 0 aromatic heterocycles. The minimum Gasteiger partial charge on any atom is -0.313 e. The van der Waals surface area contributed by atoms with Gasteiger partial charge >= 0.3 is 0 Å². The molecule has 0 amide bonds. The number of nitrogens with one attached hydrogen (secondary N) is 1. The van der Waals surface area contributed by atoms with Gasteiger partial charge in [-0.15, -0.1) is 6.58 Å². The van der Waals surface area contributed by atoms with Crippen LogP contribution in [0.15, 0.2) is 12.7 Å². The predicted molar refractivity (Wildman–Crippen MR) is 63.7 cm³/mol. The van der Waals surface area contributed by atoms with Crippen LogP contribution in [0.3, 0.4) is 0 Å². The minimum absolute atomic E-state index is 0.240. The zero-order valence-electron chi connectivity index (χ0n) is 9.41. The van der Waals surface area contributed by atoms with Crippen molar-refractivity contribution in [2.75, 3.05) is 18.6 Å². The monoisotopic (exact) mass is 231 g/mol. The molecule has 4 heteroatoms. The standard InChI is InChI=1S/C11H21NO2S/c1-3-4-5-11(10-6-7-10)12-8-9-15(2,13)14/h3,10-12H,1,4-9H2,2H3. The van der Waals surface area contributed by atoms with Gasteiger partial charge in [0.2, 0.25) is 0 Å². The van der Waals surface area contributed by atoms with Crippen LogP contribution in [-0.2, 0) is 9.84 Å². The molecule has 0 bridgehead atoms. The van der Waals surface area contributed by atoms with E-state index in [9.17, 15) is 8.42 Å². The Morgan fingerprint density at radius 2 is 2.20 bits per heavy atom. The van der Waals surface area contributed by atoms with E-state index in [4.69, 9.17) is 0 Å². The Kier molecular flexibility index (Phi) is 4.80. The van der Waals surface area contributed by atoms with Crippen molar-refractivity contribution in [2.45, 2.75) is 31.7 Å². The number of hydrogen-bond donors (Lipinski definition) is 1. The summed E-state index contributed by atoms with van der Waals surface area (Å²) >= 11 is 0. The molecule has 1 fully saturated rings. The zero-order valence-corrected chi connectivity index (χ0v) is 10.2. The highest BCUT2D eigenvalue weighted by molar-refractivity contribution is 7.90. The first-order chi connectivity index (χ1) is 7.03. The molecular weight excluding hydrogens is 210 g/mol. The molecule has 1 aliphatic rings. The first kappa shape index (κ1) is 12.7. The van der Waals surface area contributed by atoms with Crippen molar-refractivity contribution in [2.24, 2.45) is 5.92 Å². The molecule has 1 aliphatic carbocycles. The van der Waals surface area contributed by atoms with Gasteiger partial charge < -0.3 is 5.32 Å². The van der Waals surface area contributed by atoms with Crippen molar-refractivity contribution in [1.29, 1.82) is 0 Å². The molecule has 1 atom stereocenters. The molecule has 0 heterocycles. The summed E-state index contributed by atoms with van der Waals surface area (Å²) in [7, 11) is -2.83. The Morgan fingerprint density at radius 1 is 1.53 bits per heavy atom. The van der Waals surface area contributed by atoms with Crippen LogP contribution >= 0.6 is 0 Å². The van der Waals surface area contributed by atoms with Crippen LogP contribution in [-0.4, -0.2) is 33.0 Å². The molecule has 0 aromatic rings. The largest absolute Gasteiger partial charge is 0.313 e. The van der Waals surface area contributed by atoms with E-state index in [2.05, 4.69) is 11.9 Å². The fourth-order valence-corrected chi connectivity index (χ4v) is 2.22. The summed E-state index contributed by atoms with van der Waals surface area (Å²) in [6.07, 6.45) is 7.87. The summed E-state index contributed by atoms with van der Waals surface area (Å²) in [5.41, 5.74) is 0. The van der Waals surface area contributed by atoms with Gasteiger partial charge in [0.15, 0.2) is 0 Å². The lowest BCUT2D eigenvalue weighted by atomic mass is 10.1. The quantitative estimate of drug-likeness (QED) is 0.642. The van der Waals surface area contributed by atoms with Gasteiger partial charge in [0.05, 0.1) is 5.75 Å². The lowest BCUT2D eigenvalue weighted by molar-refractivity contribution is 0.449. The molecule has 1 unspecified atom stereocenters. The van der Waals surface area contributed by atoms with Gasteiger partial charge in [0.1, 0.15) is 9.84 Å². The summed E-state index contributed by atoms with van der Waals surface area (Å²) < 4.78 is 21.9. The Labute approximate surface area is 92.9 Å². The van der Waals surface area contributed by atoms with Crippen molar-refractivity contribution in [3.63, 3.8) is 0 Å². The second kappa shape index (κ2) is 5.66. The van der Waals surface area contributed by atoms with E-state index < -0.39 is 9.84 Å². The Bertz CT molecular complexity index is 294. The average Bonchev–Trinajstić information content (AvgIpc) is 2.92. The lowest BCUT2D eigenvalue weighted by Crippen LogP contribution is -2.34. The third-order valence-electron chi connectivity index (χ3n) is 2.75. The first-order valence-corrected chi connectivity index (χ1v) is 7.61. The summed E-state index contributed by atoms with van der Waals surface area (Å²) in [5, 5.41) is 3.35. The average molecular weight is 231 g/mol. The fourth-order valence-electron chi connectivity index (χ4n) is 1.73. The maximum atomic E-state index is 11.0. The molecule has 1 N–H and O–H groups in total. The Hall–Kier alpha value is -0.350. The highest BCUT2D eigenvalue weighted by Crippen LogP contribution is 2.34. The number of allylic oxidation sites excluding steroid dienone is 1. The first-order valence-electron chi connectivity index (χ1n) is 5.55. The normalized spacial score (nSPS) is 18.7. The molecule has 0 saturated heterocycles. The molecular formula is C11H21NO2S. The van der Waals surface area contributed by atoms with Crippen molar-refractivity contribution in [3.8, 4) is 0 Å². The van der Waals surface area contributed by atoms with Crippen LogP contribution < -0.4 is 5.32 Å². The van der Waals surface area contributed by atoms with E-state index in [1.807, 2.05) is 6.08 Å². The Morgan fingerprint density at radius 3 is 2.67 bits per heavy atom. The van der Waals surface area contributed by atoms with Gasteiger partial charge in [-0.1, -0.05) is 6.08 Å². The molecule has 88 valence electrons. The van der Waals surface area contributed by atoms with Crippen molar-refractivity contribution in [3.05, 3.63) is 12.7 Å². The third-order valence-corrected chi connectivity index (χ3v) is 3.70. The number of rotatable bonds is 8. The highest BCUT2D eigenvalue weighted by atomic mass is 32.2. The van der Waals surface area contributed by atoms with Gasteiger partial charge in [0, 0.05) is 18.8 Å². The zero-order chi connectivity index (χ0) is 11.3. The number of hydrogen-bond acceptors (Lipinski definition) is 3. The molecule has 1 rings (SSSR count). The summed E-state index contributed by atoms with van der Waals surface area (Å²) in [4.78, 5) is 0. The summed E-state index contributed by atoms with van der Waals surface area (Å²) in [6.45, 7) is 4.29. The molecule has 0 aliphatic heterocycles. The fraction of sp³-hybridized carbons (Fsp3) is 0.818. The Balaban J connectivity index is 2.22. The van der Waals surface area contributed by atoms with Crippen LogP contribution in [0.2, 0.25) is 0 Å². The van der Waals surface area contributed by atoms with E-state index in [0.717, 1.165) is 18.8 Å². The van der Waals surface area contributed by atoms with E-state index in [1.165, 1.54) is 19.1 Å². The summed E-state index contributed by atoms with van der Waals surface area (Å²) in [5.74, 6) is 1.01. The minimum atomic E-state index is -2.83. The lowest BCUT2D eigenvalue weighted by Gasteiger charge is -2.16. The number of sulfone groups is 1. The smallest absolute Gasteiger partial charge is 0.148 e. The van der Waals surface area contributed by atoms with Gasteiger partial charge in [0.25, 0.3) is 0 Å². The van der Waals surface area contributed by atoms with Gasteiger partial charge in [-0.25, -0.2) is 8.42 Å². The second-order valence-corrected chi connectivity index (χ2v) is 6.65. The van der Waals surface area contributed by atoms with E-state index in [1.54, 1.807) is 0 Å². The SMILES string of the molecule is C=CCCC(NCCS(C)(=O)=O)C1CC1. The second-order valence-electron chi connectivity index (χ2n) is 4.39. The van der Waals surface area contributed by atoms with Gasteiger partial charge in [-0.05, 0) is 31.6 Å². The third kappa shape index (κ3) is 5.95. The molecule has 3 nitrogen and oxygen atoms in total. The molecule has 0 spiro atoms. The van der Waals surface area contributed by atoms with E-state index >= 15 is 0 Å². The van der Waals surface area contributed by atoms with Crippen molar-refractivity contribution >= 4 is 9.84 Å². The molecule has 15 heavy (non-hydrogen) atoms. The van der Waals surface area contributed by atoms with Gasteiger partial charge in [-0.3, -0.25) is 0 Å². The van der Waals surface area contributed by atoms with Gasteiger partial charge in [-0.2, -0.15) is 0 Å². The predicted octanol–water partition coefficient (Wildman–Crippen LogP) is 1.37. The molecule has 0 radical (unpaired) electrons. The molecule has 0 aromatic carbocycles. The highest BCUT2D eigenvalue weighted by Gasteiger charge is 2.30. The van der Waals surface area contributed by atoms with E-state index in [0.29, 0.717) is 12.6 Å². The van der Waals surface area contributed by atoms with Crippen LogP contribution in [0.5, 0.6) is 0 Å². The van der Waals surface area contributed by atoms with Crippen LogP contribution in [0.1, 0.15) is 25.7 Å². The topological polar surface area (TPSA) is 46.2 Å². The van der Waals surface area contributed by atoms with Crippen LogP contribution in [0.4, 0.5) is 0 Å². The van der Waals surface area contributed by atoms with Crippen LogP contribution in [0.25, 0.3) is 0 Å².